The smallest absolute Gasteiger partial charge is 0.131 e. The molecule has 16 heavy (non-hydrogen) atoms. The average Bonchev–Trinajstić information content (AvgIpc) is 2.83. The van der Waals surface area contributed by atoms with Crippen molar-refractivity contribution in [2.75, 3.05) is 0 Å². The lowest BCUT2D eigenvalue weighted by Gasteiger charge is -2.11. The average molecular weight is 301 g/mol. The molecule has 0 radical (unpaired) electrons. The molecule has 2 aromatic rings. The largest absolute Gasteiger partial charge is 0.381 e. The number of aliphatic hydroxyl groups excluding tert-OH is 1. The van der Waals surface area contributed by atoms with Crippen LogP contribution in [0.3, 0.4) is 0 Å². The van der Waals surface area contributed by atoms with Gasteiger partial charge in [0.25, 0.3) is 0 Å². The molecule has 1 unspecified atom stereocenters. The summed E-state index contributed by atoms with van der Waals surface area (Å²) in [5, 5.41) is 14.5. The van der Waals surface area contributed by atoms with Gasteiger partial charge in [-0.3, -0.25) is 4.68 Å². The van der Waals surface area contributed by atoms with Crippen molar-refractivity contribution in [3.63, 3.8) is 0 Å². The van der Waals surface area contributed by atoms with E-state index in [2.05, 4.69) is 21.0 Å². The number of rotatable bonds is 3. The van der Waals surface area contributed by atoms with E-state index in [9.17, 15) is 5.11 Å². The standard InChI is InChI=1S/C11H13BrN2OS/c1-3-14-10(8(12)6-13-14)11(15)9-5-4-7(2)16-9/h4-6,11,15H,3H2,1-2H3. The van der Waals surface area contributed by atoms with Gasteiger partial charge in [-0.25, -0.2) is 0 Å². The molecule has 0 saturated heterocycles. The summed E-state index contributed by atoms with van der Waals surface area (Å²) >= 11 is 5.03. The Hall–Kier alpha value is -0.650. The van der Waals surface area contributed by atoms with Crippen molar-refractivity contribution in [3.8, 4) is 0 Å². The van der Waals surface area contributed by atoms with E-state index < -0.39 is 6.10 Å². The van der Waals surface area contributed by atoms with E-state index in [1.807, 2.05) is 30.7 Å². The van der Waals surface area contributed by atoms with Crippen LogP contribution in [0.5, 0.6) is 0 Å². The highest BCUT2D eigenvalue weighted by molar-refractivity contribution is 9.10. The quantitative estimate of drug-likeness (QED) is 0.946. The summed E-state index contributed by atoms with van der Waals surface area (Å²) in [6.45, 7) is 4.80. The zero-order valence-corrected chi connectivity index (χ0v) is 11.5. The highest BCUT2D eigenvalue weighted by Crippen LogP contribution is 2.32. The van der Waals surface area contributed by atoms with E-state index in [-0.39, 0.29) is 0 Å². The molecule has 86 valence electrons. The summed E-state index contributed by atoms with van der Waals surface area (Å²) in [7, 11) is 0. The van der Waals surface area contributed by atoms with Crippen LogP contribution in [0, 0.1) is 6.92 Å². The maximum atomic E-state index is 10.3. The minimum Gasteiger partial charge on any atom is -0.381 e. The first-order valence-electron chi connectivity index (χ1n) is 5.09. The number of aryl methyl sites for hydroxylation is 2. The second kappa shape index (κ2) is 4.69. The highest BCUT2D eigenvalue weighted by Gasteiger charge is 2.20. The molecule has 0 aromatic carbocycles. The van der Waals surface area contributed by atoms with Crippen LogP contribution in [0.1, 0.15) is 28.5 Å². The first kappa shape index (κ1) is 11.8. The molecule has 2 aromatic heterocycles. The van der Waals surface area contributed by atoms with Crippen molar-refractivity contribution in [1.29, 1.82) is 0 Å². The molecule has 2 rings (SSSR count). The number of hydrogen-bond donors (Lipinski definition) is 1. The first-order valence-corrected chi connectivity index (χ1v) is 6.70. The van der Waals surface area contributed by atoms with E-state index in [4.69, 9.17) is 0 Å². The lowest BCUT2D eigenvalue weighted by Crippen LogP contribution is -2.08. The van der Waals surface area contributed by atoms with Crippen LogP contribution < -0.4 is 0 Å². The van der Waals surface area contributed by atoms with E-state index in [1.54, 1.807) is 17.5 Å². The lowest BCUT2D eigenvalue weighted by molar-refractivity contribution is 0.211. The SMILES string of the molecule is CCn1ncc(Br)c1C(O)c1ccc(C)s1. The monoisotopic (exact) mass is 300 g/mol. The zero-order chi connectivity index (χ0) is 11.7. The number of halogens is 1. The summed E-state index contributed by atoms with van der Waals surface area (Å²) in [6, 6.07) is 3.98. The van der Waals surface area contributed by atoms with Crippen molar-refractivity contribution in [2.24, 2.45) is 0 Å². The van der Waals surface area contributed by atoms with E-state index in [0.29, 0.717) is 0 Å². The van der Waals surface area contributed by atoms with E-state index in [1.165, 1.54) is 4.88 Å². The summed E-state index contributed by atoms with van der Waals surface area (Å²) in [5.41, 5.74) is 0.823. The van der Waals surface area contributed by atoms with Gasteiger partial charge in [-0.1, -0.05) is 0 Å². The molecule has 3 nitrogen and oxygen atoms in total. The lowest BCUT2D eigenvalue weighted by atomic mass is 10.2. The Labute approximate surface area is 107 Å². The molecule has 5 heteroatoms. The Balaban J connectivity index is 2.40. The van der Waals surface area contributed by atoms with Gasteiger partial charge >= 0.3 is 0 Å². The maximum Gasteiger partial charge on any atom is 0.131 e. The zero-order valence-electron chi connectivity index (χ0n) is 9.14. The van der Waals surface area contributed by atoms with Crippen molar-refractivity contribution >= 4 is 27.3 Å². The van der Waals surface area contributed by atoms with Gasteiger partial charge in [0.2, 0.25) is 0 Å². The Morgan fingerprint density at radius 3 is 2.88 bits per heavy atom. The van der Waals surface area contributed by atoms with Gasteiger partial charge in [0, 0.05) is 16.3 Å². The minimum absolute atomic E-state index is 0.601. The van der Waals surface area contributed by atoms with Crippen molar-refractivity contribution in [3.05, 3.63) is 38.3 Å². The normalized spacial score (nSPS) is 13.0. The van der Waals surface area contributed by atoms with Crippen molar-refractivity contribution in [1.82, 2.24) is 9.78 Å². The van der Waals surface area contributed by atoms with Crippen LogP contribution in [0.4, 0.5) is 0 Å². The second-order valence-electron chi connectivity index (χ2n) is 3.54. The Morgan fingerprint density at radius 2 is 2.31 bits per heavy atom. The van der Waals surface area contributed by atoms with E-state index >= 15 is 0 Å². The molecule has 0 aliphatic rings. The van der Waals surface area contributed by atoms with Crippen LogP contribution >= 0.6 is 27.3 Å². The van der Waals surface area contributed by atoms with Crippen LogP contribution in [0.25, 0.3) is 0 Å². The van der Waals surface area contributed by atoms with Crippen LogP contribution in [-0.4, -0.2) is 14.9 Å². The predicted molar refractivity (Wildman–Crippen MR) is 68.7 cm³/mol. The van der Waals surface area contributed by atoms with Crippen molar-refractivity contribution in [2.45, 2.75) is 26.5 Å². The molecule has 0 spiro atoms. The highest BCUT2D eigenvalue weighted by atomic mass is 79.9. The molecule has 1 atom stereocenters. The van der Waals surface area contributed by atoms with Crippen LogP contribution in [0.2, 0.25) is 0 Å². The van der Waals surface area contributed by atoms with Crippen molar-refractivity contribution < 1.29 is 5.11 Å². The van der Waals surface area contributed by atoms with Gasteiger partial charge in [0.15, 0.2) is 0 Å². The summed E-state index contributed by atoms with van der Waals surface area (Å²) in [4.78, 5) is 2.15. The van der Waals surface area contributed by atoms with Crippen LogP contribution in [0.15, 0.2) is 22.8 Å². The van der Waals surface area contributed by atoms with Gasteiger partial charge in [0.05, 0.1) is 16.4 Å². The number of thiophene rings is 1. The third-order valence-electron chi connectivity index (χ3n) is 2.42. The topological polar surface area (TPSA) is 38.0 Å². The fourth-order valence-corrected chi connectivity index (χ4v) is 3.01. The predicted octanol–water partition coefficient (Wildman–Crippen LogP) is 3.12. The molecular formula is C11H13BrN2OS. The molecule has 1 N–H and O–H groups in total. The number of aromatic nitrogens is 2. The first-order chi connectivity index (χ1) is 7.63. The Bertz CT molecular complexity index is 492. The third kappa shape index (κ3) is 2.07. The van der Waals surface area contributed by atoms with Gasteiger partial charge < -0.3 is 5.11 Å². The summed E-state index contributed by atoms with van der Waals surface area (Å²) in [6.07, 6.45) is 1.12. The molecule has 0 saturated carbocycles. The maximum absolute atomic E-state index is 10.3. The Kier molecular flexibility index (Phi) is 3.47. The van der Waals surface area contributed by atoms with Gasteiger partial charge in [-0.05, 0) is 41.9 Å². The third-order valence-corrected chi connectivity index (χ3v) is 4.09. The Morgan fingerprint density at radius 1 is 1.56 bits per heavy atom. The van der Waals surface area contributed by atoms with Gasteiger partial charge in [-0.15, -0.1) is 11.3 Å². The second-order valence-corrected chi connectivity index (χ2v) is 5.72. The molecule has 0 aliphatic heterocycles. The van der Waals surface area contributed by atoms with E-state index in [0.717, 1.165) is 21.6 Å². The molecule has 0 aliphatic carbocycles. The molecule has 2 heterocycles. The molecule has 0 amide bonds. The van der Waals surface area contributed by atoms with Gasteiger partial charge in [0.1, 0.15) is 6.10 Å². The number of hydrogen-bond acceptors (Lipinski definition) is 3. The fraction of sp³-hybridized carbons (Fsp3) is 0.364. The fourth-order valence-electron chi connectivity index (χ4n) is 1.63. The number of nitrogens with zero attached hydrogens (tertiary/aromatic N) is 2. The molecular weight excluding hydrogens is 288 g/mol. The summed E-state index contributed by atoms with van der Waals surface area (Å²) in [5.74, 6) is 0. The number of aliphatic hydroxyl groups is 1. The minimum atomic E-state index is -0.601. The van der Waals surface area contributed by atoms with Gasteiger partial charge in [-0.2, -0.15) is 5.10 Å². The molecule has 0 fully saturated rings. The summed E-state index contributed by atoms with van der Waals surface area (Å²) < 4.78 is 2.66. The van der Waals surface area contributed by atoms with Crippen LogP contribution in [-0.2, 0) is 6.54 Å². The molecule has 0 bridgehead atoms.